The summed E-state index contributed by atoms with van der Waals surface area (Å²) < 4.78 is 10.5. The van der Waals surface area contributed by atoms with E-state index in [0.717, 1.165) is 19.3 Å². The Bertz CT molecular complexity index is 739. The summed E-state index contributed by atoms with van der Waals surface area (Å²) in [6.45, 7) is 11.5. The summed E-state index contributed by atoms with van der Waals surface area (Å²) in [7, 11) is 2.88. The standard InChI is InChI=1S/C23H32O4/c1-14-8-9-19-22(2,3)10-7-11-23(19,4)16(14)12-15-20(25)18(26-5)13-17(24)21(15)27-6/h13,16,19H,1,7-12H2,2-6H3/t16-,19-,23+/m0/s1. The van der Waals surface area contributed by atoms with Gasteiger partial charge in [-0.2, -0.15) is 0 Å². The largest absolute Gasteiger partial charge is 0.493 e. The van der Waals surface area contributed by atoms with E-state index in [-0.39, 0.29) is 39.8 Å². The molecular formula is C23H32O4. The van der Waals surface area contributed by atoms with E-state index in [0.29, 0.717) is 17.9 Å². The van der Waals surface area contributed by atoms with Crippen molar-refractivity contribution in [2.24, 2.45) is 22.7 Å². The van der Waals surface area contributed by atoms with Crippen molar-refractivity contribution in [3.8, 4) is 0 Å². The maximum Gasteiger partial charge on any atom is 0.227 e. The lowest BCUT2D eigenvalue weighted by molar-refractivity contribution is -0.120. The first kappa shape index (κ1) is 19.9. The number of ether oxygens (including phenoxy) is 2. The summed E-state index contributed by atoms with van der Waals surface area (Å²) in [4.78, 5) is 25.4. The fraction of sp³-hybridized carbons (Fsp3) is 0.652. The molecule has 0 aliphatic heterocycles. The van der Waals surface area contributed by atoms with Gasteiger partial charge in [-0.25, -0.2) is 0 Å². The third-order valence-electron chi connectivity index (χ3n) is 7.41. The van der Waals surface area contributed by atoms with E-state index in [9.17, 15) is 9.59 Å². The first-order chi connectivity index (χ1) is 12.7. The average molecular weight is 373 g/mol. The molecule has 3 aliphatic rings. The quantitative estimate of drug-likeness (QED) is 0.527. The molecule has 0 amide bonds. The Balaban J connectivity index is 2.00. The highest BCUT2D eigenvalue weighted by Gasteiger charge is 2.53. The van der Waals surface area contributed by atoms with Gasteiger partial charge in [0.1, 0.15) is 0 Å². The van der Waals surface area contributed by atoms with Crippen LogP contribution in [-0.2, 0) is 19.1 Å². The van der Waals surface area contributed by atoms with Crippen molar-refractivity contribution in [1.29, 1.82) is 0 Å². The first-order valence-electron chi connectivity index (χ1n) is 9.95. The maximum absolute atomic E-state index is 12.9. The molecule has 0 unspecified atom stereocenters. The van der Waals surface area contributed by atoms with Crippen molar-refractivity contribution in [3.63, 3.8) is 0 Å². The molecule has 0 aromatic heterocycles. The van der Waals surface area contributed by atoms with Crippen molar-refractivity contribution in [1.82, 2.24) is 0 Å². The second kappa shape index (κ2) is 6.96. The summed E-state index contributed by atoms with van der Waals surface area (Å²) in [5.74, 6) is 0.493. The van der Waals surface area contributed by atoms with Gasteiger partial charge in [0, 0.05) is 6.08 Å². The van der Waals surface area contributed by atoms with Gasteiger partial charge < -0.3 is 9.47 Å². The zero-order valence-electron chi connectivity index (χ0n) is 17.3. The highest BCUT2D eigenvalue weighted by Crippen LogP contribution is 2.62. The number of hydrogen-bond acceptors (Lipinski definition) is 4. The topological polar surface area (TPSA) is 52.6 Å². The van der Waals surface area contributed by atoms with E-state index in [2.05, 4.69) is 27.4 Å². The van der Waals surface area contributed by atoms with Gasteiger partial charge in [0.25, 0.3) is 0 Å². The van der Waals surface area contributed by atoms with Gasteiger partial charge in [0.05, 0.1) is 19.8 Å². The smallest absolute Gasteiger partial charge is 0.227 e. The molecule has 3 atom stereocenters. The molecule has 0 spiro atoms. The summed E-state index contributed by atoms with van der Waals surface area (Å²) >= 11 is 0. The van der Waals surface area contributed by atoms with Crippen molar-refractivity contribution in [2.75, 3.05) is 14.2 Å². The number of rotatable bonds is 4. The molecule has 27 heavy (non-hydrogen) atoms. The average Bonchev–Trinajstić information content (AvgIpc) is 2.59. The van der Waals surface area contributed by atoms with Crippen LogP contribution in [0.4, 0.5) is 0 Å². The zero-order valence-corrected chi connectivity index (χ0v) is 17.3. The summed E-state index contributed by atoms with van der Waals surface area (Å²) in [5, 5.41) is 0. The van der Waals surface area contributed by atoms with Crippen LogP contribution in [0.25, 0.3) is 0 Å². The minimum atomic E-state index is -0.295. The molecule has 3 aliphatic carbocycles. The summed E-state index contributed by atoms with van der Waals surface area (Å²) in [5.41, 5.74) is 2.01. The Kier molecular flexibility index (Phi) is 5.13. The molecule has 4 heteroatoms. The van der Waals surface area contributed by atoms with Gasteiger partial charge in [-0.15, -0.1) is 0 Å². The summed E-state index contributed by atoms with van der Waals surface area (Å²) in [6.07, 6.45) is 7.44. The lowest BCUT2D eigenvalue weighted by Gasteiger charge is -2.58. The Morgan fingerprint density at radius 2 is 1.85 bits per heavy atom. The molecule has 148 valence electrons. The lowest BCUT2D eigenvalue weighted by Crippen LogP contribution is -2.49. The number of methoxy groups -OCH3 is 2. The number of carbonyl (C=O) groups excluding carboxylic acids is 2. The van der Waals surface area contributed by atoms with E-state index in [1.165, 1.54) is 38.7 Å². The van der Waals surface area contributed by atoms with Gasteiger partial charge in [-0.1, -0.05) is 39.3 Å². The van der Waals surface area contributed by atoms with Crippen LogP contribution in [0, 0.1) is 22.7 Å². The molecule has 2 saturated carbocycles. The monoisotopic (exact) mass is 372 g/mol. The normalized spacial score (nSPS) is 33.5. The Morgan fingerprint density at radius 3 is 2.48 bits per heavy atom. The molecule has 0 radical (unpaired) electrons. The maximum atomic E-state index is 12.9. The fourth-order valence-electron chi connectivity index (χ4n) is 6.07. The molecule has 0 aromatic carbocycles. The molecule has 3 rings (SSSR count). The summed E-state index contributed by atoms with van der Waals surface area (Å²) in [6, 6.07) is 0. The van der Waals surface area contributed by atoms with E-state index >= 15 is 0 Å². The van der Waals surface area contributed by atoms with Crippen LogP contribution >= 0.6 is 0 Å². The number of carbonyl (C=O) groups is 2. The molecule has 4 nitrogen and oxygen atoms in total. The second-order valence-corrected chi connectivity index (χ2v) is 9.27. The van der Waals surface area contributed by atoms with Crippen LogP contribution in [0.15, 0.2) is 35.3 Å². The van der Waals surface area contributed by atoms with E-state index in [1.54, 1.807) is 0 Å². The fourth-order valence-corrected chi connectivity index (χ4v) is 6.07. The van der Waals surface area contributed by atoms with Crippen LogP contribution in [0.5, 0.6) is 0 Å². The molecule has 0 bridgehead atoms. The number of fused-ring (bicyclic) bond motifs is 1. The van der Waals surface area contributed by atoms with Gasteiger partial charge in [0.15, 0.2) is 11.5 Å². The second-order valence-electron chi connectivity index (χ2n) is 9.27. The number of allylic oxidation sites excluding steroid dienone is 3. The minimum absolute atomic E-state index is 0.0840. The van der Waals surface area contributed by atoms with Gasteiger partial charge in [-0.3, -0.25) is 9.59 Å². The first-order valence-corrected chi connectivity index (χ1v) is 9.95. The van der Waals surface area contributed by atoms with Crippen molar-refractivity contribution in [3.05, 3.63) is 35.3 Å². The molecule has 2 fully saturated rings. The molecule has 0 aromatic rings. The van der Waals surface area contributed by atoms with Gasteiger partial charge in [0.2, 0.25) is 11.6 Å². The molecule has 0 heterocycles. The van der Waals surface area contributed by atoms with E-state index in [4.69, 9.17) is 9.47 Å². The number of ketones is 2. The Labute approximate surface area is 162 Å². The zero-order chi connectivity index (χ0) is 20.0. The lowest BCUT2D eigenvalue weighted by atomic mass is 9.47. The van der Waals surface area contributed by atoms with Gasteiger partial charge >= 0.3 is 0 Å². The van der Waals surface area contributed by atoms with Crippen LogP contribution in [0.3, 0.4) is 0 Å². The molecule has 0 N–H and O–H groups in total. The molecular weight excluding hydrogens is 340 g/mol. The van der Waals surface area contributed by atoms with Gasteiger partial charge in [-0.05, 0) is 54.8 Å². The van der Waals surface area contributed by atoms with Crippen molar-refractivity contribution >= 4 is 11.6 Å². The third kappa shape index (κ3) is 3.17. The van der Waals surface area contributed by atoms with E-state index < -0.39 is 0 Å². The van der Waals surface area contributed by atoms with Crippen LogP contribution < -0.4 is 0 Å². The van der Waals surface area contributed by atoms with E-state index in [1.807, 2.05) is 0 Å². The third-order valence-corrected chi connectivity index (χ3v) is 7.41. The number of hydrogen-bond donors (Lipinski definition) is 0. The van der Waals surface area contributed by atoms with Crippen LogP contribution in [0.1, 0.15) is 59.3 Å². The van der Waals surface area contributed by atoms with Crippen molar-refractivity contribution in [2.45, 2.75) is 59.3 Å². The Hall–Kier alpha value is -1.84. The predicted molar refractivity (Wildman–Crippen MR) is 105 cm³/mol. The highest BCUT2D eigenvalue weighted by molar-refractivity contribution is 6.21. The molecule has 0 saturated heterocycles. The van der Waals surface area contributed by atoms with Crippen LogP contribution in [0.2, 0.25) is 0 Å². The SMILES string of the molecule is C=C1CC[C@H]2C(C)(C)CCC[C@]2(C)[C@H]1CC1=C(OC)C(=O)C=C(OC)C1=O. The number of Topliss-reactive ketones (excluding diaryl/α,β-unsaturated/α-hetero) is 1. The predicted octanol–water partition coefficient (Wildman–Crippen LogP) is 4.76. The highest BCUT2D eigenvalue weighted by atomic mass is 16.5. The Morgan fingerprint density at radius 1 is 1.15 bits per heavy atom. The van der Waals surface area contributed by atoms with Crippen LogP contribution in [-0.4, -0.2) is 25.8 Å². The minimum Gasteiger partial charge on any atom is -0.493 e. The van der Waals surface area contributed by atoms with Crippen molar-refractivity contribution < 1.29 is 19.1 Å².